The van der Waals surface area contributed by atoms with Crippen LogP contribution in [0.2, 0.25) is 0 Å². The summed E-state index contributed by atoms with van der Waals surface area (Å²) in [6.45, 7) is 3.74. The van der Waals surface area contributed by atoms with E-state index in [-0.39, 0.29) is 16.6 Å². The van der Waals surface area contributed by atoms with Gasteiger partial charge in [-0.3, -0.25) is 4.79 Å². The van der Waals surface area contributed by atoms with Crippen LogP contribution in [-0.4, -0.2) is 59.3 Å². The Balaban J connectivity index is 1.39. The number of sulfonamides is 1. The van der Waals surface area contributed by atoms with Crippen molar-refractivity contribution in [1.82, 2.24) is 19.1 Å². The lowest BCUT2D eigenvalue weighted by Crippen LogP contribution is -2.35. The number of aromatic nitrogens is 3. The highest BCUT2D eigenvalue weighted by molar-refractivity contribution is 7.99. The third-order valence-electron chi connectivity index (χ3n) is 5.80. The number of nitrogens with zero attached hydrogens (tertiary/aromatic N) is 4. The largest absolute Gasteiger partial charge is 0.496 e. The number of ether oxygens (including phenoxy) is 1. The number of piperidine rings is 1. The van der Waals surface area contributed by atoms with Gasteiger partial charge in [0.15, 0.2) is 11.0 Å². The Kier molecular flexibility index (Phi) is 8.09. The summed E-state index contributed by atoms with van der Waals surface area (Å²) in [5.74, 6) is 1.30. The Morgan fingerprint density at radius 2 is 1.77 bits per heavy atom. The number of thioether (sulfide) groups is 1. The van der Waals surface area contributed by atoms with Crippen molar-refractivity contribution in [3.8, 4) is 17.1 Å². The Bertz CT molecular complexity index is 1270. The molecule has 0 aliphatic carbocycles. The molecule has 1 aromatic heterocycles. The van der Waals surface area contributed by atoms with E-state index in [0.717, 1.165) is 24.8 Å². The van der Waals surface area contributed by atoms with Crippen molar-refractivity contribution in [3.05, 3.63) is 48.5 Å². The number of carbonyl (C=O) groups excluding carboxylic acids is 1. The molecule has 11 heteroatoms. The van der Waals surface area contributed by atoms with E-state index >= 15 is 0 Å². The first-order valence-electron chi connectivity index (χ1n) is 11.5. The molecule has 0 atom stereocenters. The van der Waals surface area contributed by atoms with Crippen LogP contribution in [0.4, 0.5) is 5.69 Å². The normalized spacial score (nSPS) is 14.6. The zero-order valence-corrected chi connectivity index (χ0v) is 21.4. The van der Waals surface area contributed by atoms with Crippen molar-refractivity contribution >= 4 is 33.4 Å². The van der Waals surface area contributed by atoms with E-state index in [4.69, 9.17) is 4.74 Å². The second-order valence-corrected chi connectivity index (χ2v) is 11.0. The quantitative estimate of drug-likeness (QED) is 0.431. The van der Waals surface area contributed by atoms with E-state index in [9.17, 15) is 13.2 Å². The fourth-order valence-corrected chi connectivity index (χ4v) is 6.32. The van der Waals surface area contributed by atoms with Crippen LogP contribution in [0.25, 0.3) is 11.4 Å². The van der Waals surface area contributed by atoms with Crippen LogP contribution in [0, 0.1) is 0 Å². The average molecular weight is 516 g/mol. The lowest BCUT2D eigenvalue weighted by Gasteiger charge is -2.25. The first-order chi connectivity index (χ1) is 16.9. The number of hydrogen-bond acceptors (Lipinski definition) is 7. The smallest absolute Gasteiger partial charge is 0.243 e. The monoisotopic (exact) mass is 515 g/mol. The molecule has 9 nitrogen and oxygen atoms in total. The van der Waals surface area contributed by atoms with E-state index in [0.29, 0.717) is 42.1 Å². The van der Waals surface area contributed by atoms with Gasteiger partial charge in [0.2, 0.25) is 15.9 Å². The molecule has 1 amide bonds. The number of anilines is 1. The van der Waals surface area contributed by atoms with Gasteiger partial charge in [0.05, 0.1) is 23.3 Å². The van der Waals surface area contributed by atoms with Crippen LogP contribution >= 0.6 is 11.8 Å². The molecule has 1 fully saturated rings. The molecule has 2 heterocycles. The van der Waals surface area contributed by atoms with Gasteiger partial charge in [-0.25, -0.2) is 8.42 Å². The lowest BCUT2D eigenvalue weighted by atomic mass is 10.2. The van der Waals surface area contributed by atoms with Gasteiger partial charge in [0.25, 0.3) is 0 Å². The second kappa shape index (κ2) is 11.2. The average Bonchev–Trinajstić information content (AvgIpc) is 3.31. The van der Waals surface area contributed by atoms with Gasteiger partial charge >= 0.3 is 0 Å². The van der Waals surface area contributed by atoms with Crippen LogP contribution in [0.3, 0.4) is 0 Å². The number of amides is 1. The summed E-state index contributed by atoms with van der Waals surface area (Å²) in [6, 6.07) is 13.9. The summed E-state index contributed by atoms with van der Waals surface area (Å²) in [5.41, 5.74) is 1.38. The maximum atomic E-state index is 12.8. The highest BCUT2D eigenvalue weighted by atomic mass is 32.2. The summed E-state index contributed by atoms with van der Waals surface area (Å²) in [6.07, 6.45) is 2.83. The van der Waals surface area contributed by atoms with Crippen LogP contribution in [-0.2, 0) is 21.4 Å². The van der Waals surface area contributed by atoms with E-state index < -0.39 is 10.0 Å². The fourth-order valence-electron chi connectivity index (χ4n) is 4.00. The molecule has 35 heavy (non-hydrogen) atoms. The van der Waals surface area contributed by atoms with Crippen molar-refractivity contribution in [3.63, 3.8) is 0 Å². The van der Waals surface area contributed by atoms with E-state index in [1.165, 1.54) is 16.1 Å². The van der Waals surface area contributed by atoms with Crippen LogP contribution in [0.15, 0.2) is 58.6 Å². The van der Waals surface area contributed by atoms with E-state index in [1.54, 1.807) is 31.4 Å². The predicted octanol–water partition coefficient (Wildman–Crippen LogP) is 3.88. The molecule has 2 aromatic carbocycles. The summed E-state index contributed by atoms with van der Waals surface area (Å²) in [7, 11) is -1.89. The standard InChI is InChI=1S/C24H29N5O4S2/c1-3-29-23(20-9-5-6-10-21(20)33-2)26-27-24(29)34-17-22(30)25-18-11-13-19(14-12-18)35(31,32)28-15-7-4-8-16-28/h5-6,9-14H,3-4,7-8,15-17H2,1-2H3,(H,25,30). The molecular weight excluding hydrogens is 486 g/mol. The summed E-state index contributed by atoms with van der Waals surface area (Å²) in [4.78, 5) is 12.8. The van der Waals surface area contributed by atoms with Crippen LogP contribution in [0.5, 0.6) is 5.75 Å². The molecule has 1 N–H and O–H groups in total. The van der Waals surface area contributed by atoms with Crippen molar-refractivity contribution in [2.45, 2.75) is 42.8 Å². The minimum Gasteiger partial charge on any atom is -0.496 e. The topological polar surface area (TPSA) is 106 Å². The molecule has 0 bridgehead atoms. The zero-order chi connectivity index (χ0) is 24.8. The summed E-state index contributed by atoms with van der Waals surface area (Å²) >= 11 is 1.29. The molecular formula is C24H29N5O4S2. The number of hydrogen-bond donors (Lipinski definition) is 1. The van der Waals surface area contributed by atoms with Crippen molar-refractivity contribution in [2.24, 2.45) is 0 Å². The highest BCUT2D eigenvalue weighted by Crippen LogP contribution is 2.31. The van der Waals surface area contributed by atoms with Gasteiger partial charge in [0, 0.05) is 25.3 Å². The van der Waals surface area contributed by atoms with Gasteiger partial charge in [0.1, 0.15) is 5.75 Å². The Morgan fingerprint density at radius 1 is 1.06 bits per heavy atom. The summed E-state index contributed by atoms with van der Waals surface area (Å²) < 4.78 is 34.5. The van der Waals surface area contributed by atoms with Gasteiger partial charge in [-0.15, -0.1) is 10.2 Å². The Morgan fingerprint density at radius 3 is 2.46 bits per heavy atom. The Labute approximate surface area is 209 Å². The van der Waals surface area contributed by atoms with Crippen molar-refractivity contribution in [2.75, 3.05) is 31.3 Å². The molecule has 0 radical (unpaired) electrons. The van der Waals surface area contributed by atoms with Crippen LogP contribution < -0.4 is 10.1 Å². The summed E-state index contributed by atoms with van der Waals surface area (Å²) in [5, 5.41) is 12.0. The minimum atomic E-state index is -3.50. The number of rotatable bonds is 9. The molecule has 1 saturated heterocycles. The SMILES string of the molecule is CCn1c(SCC(=O)Nc2ccc(S(=O)(=O)N3CCCCC3)cc2)nnc1-c1ccccc1OC. The minimum absolute atomic E-state index is 0.137. The molecule has 3 aromatic rings. The maximum absolute atomic E-state index is 12.8. The number of methoxy groups -OCH3 is 1. The molecule has 4 rings (SSSR count). The fraction of sp³-hybridized carbons (Fsp3) is 0.375. The lowest BCUT2D eigenvalue weighted by molar-refractivity contribution is -0.113. The molecule has 186 valence electrons. The maximum Gasteiger partial charge on any atom is 0.243 e. The molecule has 1 aliphatic heterocycles. The first-order valence-corrected chi connectivity index (χ1v) is 14.0. The Hall–Kier alpha value is -2.89. The van der Waals surface area contributed by atoms with E-state index in [2.05, 4.69) is 15.5 Å². The predicted molar refractivity (Wildman–Crippen MR) is 136 cm³/mol. The highest BCUT2D eigenvalue weighted by Gasteiger charge is 2.25. The molecule has 0 unspecified atom stereocenters. The number of benzene rings is 2. The number of nitrogens with one attached hydrogen (secondary N) is 1. The van der Waals surface area contributed by atoms with Crippen molar-refractivity contribution in [1.29, 1.82) is 0 Å². The van der Waals surface area contributed by atoms with Crippen LogP contribution in [0.1, 0.15) is 26.2 Å². The van der Waals surface area contributed by atoms with Gasteiger partial charge < -0.3 is 14.6 Å². The molecule has 1 aliphatic rings. The zero-order valence-electron chi connectivity index (χ0n) is 19.8. The second-order valence-electron chi connectivity index (χ2n) is 8.08. The van der Waals surface area contributed by atoms with Gasteiger partial charge in [-0.1, -0.05) is 30.3 Å². The third-order valence-corrected chi connectivity index (χ3v) is 8.68. The number of carbonyl (C=O) groups is 1. The van der Waals surface area contributed by atoms with Gasteiger partial charge in [-0.05, 0) is 56.2 Å². The molecule has 0 spiro atoms. The molecule has 0 saturated carbocycles. The third kappa shape index (κ3) is 5.68. The van der Waals surface area contributed by atoms with Gasteiger partial charge in [-0.2, -0.15) is 4.31 Å². The number of para-hydroxylation sites is 1. The first kappa shape index (κ1) is 25.2. The van der Waals surface area contributed by atoms with Crippen molar-refractivity contribution < 1.29 is 17.9 Å². The van der Waals surface area contributed by atoms with E-state index in [1.807, 2.05) is 35.8 Å².